The smallest absolute Gasteiger partial charge is 0.261 e. The molecule has 0 aliphatic carbocycles. The van der Waals surface area contributed by atoms with E-state index >= 15 is 0 Å². The summed E-state index contributed by atoms with van der Waals surface area (Å²) in [7, 11) is 0. The average molecular weight is 403 g/mol. The molecule has 1 aliphatic heterocycles. The molecular formula is C26H30N2O2. The third-order valence-electron chi connectivity index (χ3n) is 5.79. The van der Waals surface area contributed by atoms with E-state index in [0.717, 1.165) is 35.2 Å². The molecule has 1 amide bonds. The number of hydrogen-bond donors (Lipinski definition) is 1. The molecule has 1 saturated heterocycles. The van der Waals surface area contributed by atoms with Gasteiger partial charge in [-0.2, -0.15) is 0 Å². The molecule has 3 aromatic rings. The Morgan fingerprint density at radius 2 is 1.70 bits per heavy atom. The Morgan fingerprint density at radius 1 is 0.967 bits per heavy atom. The van der Waals surface area contributed by atoms with Crippen molar-refractivity contribution in [2.45, 2.75) is 45.3 Å². The fraction of sp³-hybridized carbons (Fsp3) is 0.346. The van der Waals surface area contributed by atoms with Crippen molar-refractivity contribution in [2.24, 2.45) is 0 Å². The summed E-state index contributed by atoms with van der Waals surface area (Å²) >= 11 is 0. The highest BCUT2D eigenvalue weighted by Gasteiger charge is 2.18. The van der Waals surface area contributed by atoms with E-state index in [9.17, 15) is 4.79 Å². The van der Waals surface area contributed by atoms with Crippen LogP contribution in [0.5, 0.6) is 5.75 Å². The van der Waals surface area contributed by atoms with Crippen LogP contribution < -0.4 is 15.0 Å². The standard InChI is InChI=1S/C26H30N2O2/c1-2-25(30-24-15-12-21-8-4-5-9-22(21)18-24)26(29)27-19-20-10-13-23(14-11-20)28-16-6-3-7-17-28/h4-5,8-15,18,25H,2-3,6-7,16-17,19H2,1H3,(H,27,29)/t25-/m1/s1. The number of anilines is 1. The highest BCUT2D eigenvalue weighted by atomic mass is 16.5. The van der Waals surface area contributed by atoms with Crippen LogP contribution in [-0.4, -0.2) is 25.1 Å². The summed E-state index contributed by atoms with van der Waals surface area (Å²) in [6.07, 6.45) is 3.99. The van der Waals surface area contributed by atoms with Crippen molar-refractivity contribution in [2.75, 3.05) is 18.0 Å². The number of piperidine rings is 1. The van der Waals surface area contributed by atoms with Crippen LogP contribution in [0.25, 0.3) is 10.8 Å². The fourth-order valence-corrected chi connectivity index (χ4v) is 4.01. The van der Waals surface area contributed by atoms with Crippen molar-refractivity contribution < 1.29 is 9.53 Å². The molecule has 1 N–H and O–H groups in total. The van der Waals surface area contributed by atoms with Crippen molar-refractivity contribution in [3.63, 3.8) is 0 Å². The van der Waals surface area contributed by atoms with Gasteiger partial charge in [-0.05, 0) is 66.3 Å². The lowest BCUT2D eigenvalue weighted by molar-refractivity contribution is -0.128. The number of amides is 1. The summed E-state index contributed by atoms with van der Waals surface area (Å²) in [6.45, 7) is 4.76. The zero-order valence-corrected chi connectivity index (χ0v) is 17.6. The van der Waals surface area contributed by atoms with Gasteiger partial charge in [0.15, 0.2) is 6.10 Å². The van der Waals surface area contributed by atoms with Gasteiger partial charge in [-0.15, -0.1) is 0 Å². The van der Waals surface area contributed by atoms with E-state index in [1.165, 1.54) is 24.9 Å². The first-order chi connectivity index (χ1) is 14.7. The number of benzene rings is 3. The third-order valence-corrected chi connectivity index (χ3v) is 5.79. The van der Waals surface area contributed by atoms with Crippen LogP contribution in [0.2, 0.25) is 0 Å². The number of carbonyl (C=O) groups excluding carboxylic acids is 1. The van der Waals surface area contributed by atoms with Crippen LogP contribution in [-0.2, 0) is 11.3 Å². The predicted octanol–water partition coefficient (Wildman–Crippen LogP) is 5.30. The lowest BCUT2D eigenvalue weighted by Crippen LogP contribution is -2.37. The minimum absolute atomic E-state index is 0.0780. The van der Waals surface area contributed by atoms with Crippen molar-refractivity contribution in [3.05, 3.63) is 72.3 Å². The van der Waals surface area contributed by atoms with Crippen molar-refractivity contribution in [1.82, 2.24) is 5.32 Å². The second-order valence-corrected chi connectivity index (χ2v) is 7.96. The van der Waals surface area contributed by atoms with Gasteiger partial charge in [-0.1, -0.05) is 49.4 Å². The maximum Gasteiger partial charge on any atom is 0.261 e. The van der Waals surface area contributed by atoms with Crippen molar-refractivity contribution >= 4 is 22.4 Å². The van der Waals surface area contributed by atoms with E-state index < -0.39 is 6.10 Å². The van der Waals surface area contributed by atoms with Gasteiger partial charge >= 0.3 is 0 Å². The van der Waals surface area contributed by atoms with Gasteiger partial charge in [-0.25, -0.2) is 0 Å². The summed E-state index contributed by atoms with van der Waals surface area (Å²) in [5.74, 6) is 0.646. The summed E-state index contributed by atoms with van der Waals surface area (Å²) in [5, 5.41) is 5.30. The minimum atomic E-state index is -0.501. The molecule has 3 aromatic carbocycles. The zero-order chi connectivity index (χ0) is 20.8. The summed E-state index contributed by atoms with van der Waals surface area (Å²) in [4.78, 5) is 15.1. The molecule has 0 bridgehead atoms. The maximum atomic E-state index is 12.7. The molecule has 1 aliphatic rings. The highest BCUT2D eigenvalue weighted by molar-refractivity contribution is 5.84. The molecule has 4 rings (SSSR count). The average Bonchev–Trinajstić information content (AvgIpc) is 2.82. The van der Waals surface area contributed by atoms with Gasteiger partial charge in [0.05, 0.1) is 0 Å². The molecule has 0 aromatic heterocycles. The lowest BCUT2D eigenvalue weighted by Gasteiger charge is -2.28. The van der Waals surface area contributed by atoms with E-state index in [0.29, 0.717) is 13.0 Å². The van der Waals surface area contributed by atoms with Crippen molar-refractivity contribution in [1.29, 1.82) is 0 Å². The number of nitrogens with one attached hydrogen (secondary N) is 1. The van der Waals surface area contributed by atoms with Gasteiger partial charge in [0.2, 0.25) is 0 Å². The molecule has 4 nitrogen and oxygen atoms in total. The first kappa shape index (κ1) is 20.3. The summed E-state index contributed by atoms with van der Waals surface area (Å²) < 4.78 is 6.00. The number of fused-ring (bicyclic) bond motifs is 1. The Morgan fingerprint density at radius 3 is 2.43 bits per heavy atom. The van der Waals surface area contributed by atoms with Gasteiger partial charge in [0, 0.05) is 25.3 Å². The van der Waals surface area contributed by atoms with Gasteiger partial charge in [0.25, 0.3) is 5.91 Å². The van der Waals surface area contributed by atoms with Crippen LogP contribution in [0.15, 0.2) is 66.7 Å². The number of hydrogen-bond acceptors (Lipinski definition) is 3. The molecule has 1 heterocycles. The minimum Gasteiger partial charge on any atom is -0.481 e. The molecule has 1 fully saturated rings. The SMILES string of the molecule is CC[C@@H](Oc1ccc2ccccc2c1)C(=O)NCc1ccc(N2CCCCC2)cc1. The van der Waals surface area contributed by atoms with Gasteiger partial charge in [-0.3, -0.25) is 4.79 Å². The second-order valence-electron chi connectivity index (χ2n) is 7.96. The highest BCUT2D eigenvalue weighted by Crippen LogP contribution is 2.22. The topological polar surface area (TPSA) is 41.6 Å². The van der Waals surface area contributed by atoms with Crippen LogP contribution in [0.4, 0.5) is 5.69 Å². The molecule has 0 unspecified atom stereocenters. The first-order valence-corrected chi connectivity index (χ1v) is 11.0. The molecule has 0 spiro atoms. The molecule has 156 valence electrons. The molecular weight excluding hydrogens is 372 g/mol. The van der Waals surface area contributed by atoms with Crippen LogP contribution in [0, 0.1) is 0 Å². The van der Waals surface area contributed by atoms with E-state index in [1.54, 1.807) is 0 Å². The monoisotopic (exact) mass is 402 g/mol. The van der Waals surface area contributed by atoms with Crippen LogP contribution in [0.3, 0.4) is 0 Å². The van der Waals surface area contributed by atoms with Gasteiger partial charge < -0.3 is 15.0 Å². The molecule has 30 heavy (non-hydrogen) atoms. The number of rotatable bonds is 7. The van der Waals surface area contributed by atoms with E-state index in [-0.39, 0.29) is 5.91 Å². The van der Waals surface area contributed by atoms with E-state index in [4.69, 9.17) is 4.74 Å². The number of ether oxygens (including phenoxy) is 1. The molecule has 0 saturated carbocycles. The van der Waals surface area contributed by atoms with Crippen LogP contribution >= 0.6 is 0 Å². The second kappa shape index (κ2) is 9.66. The quantitative estimate of drug-likeness (QED) is 0.583. The third kappa shape index (κ3) is 4.93. The lowest BCUT2D eigenvalue weighted by atomic mass is 10.1. The van der Waals surface area contributed by atoms with Gasteiger partial charge in [0.1, 0.15) is 5.75 Å². The Bertz CT molecular complexity index is 978. The number of carbonyl (C=O) groups is 1. The Kier molecular flexibility index (Phi) is 6.53. The first-order valence-electron chi connectivity index (χ1n) is 11.0. The van der Waals surface area contributed by atoms with E-state index in [1.807, 2.05) is 37.3 Å². The normalized spacial score (nSPS) is 15.0. The molecule has 1 atom stereocenters. The maximum absolute atomic E-state index is 12.7. The van der Waals surface area contributed by atoms with Crippen LogP contribution in [0.1, 0.15) is 38.2 Å². The van der Waals surface area contributed by atoms with Crippen molar-refractivity contribution in [3.8, 4) is 5.75 Å². The molecule has 0 radical (unpaired) electrons. The predicted molar refractivity (Wildman–Crippen MR) is 123 cm³/mol. The summed E-state index contributed by atoms with van der Waals surface area (Å²) in [5.41, 5.74) is 2.38. The molecule has 4 heteroatoms. The Balaban J connectivity index is 1.33. The Labute approximate surface area is 178 Å². The number of nitrogens with zero attached hydrogens (tertiary/aromatic N) is 1. The Hall–Kier alpha value is -3.01. The zero-order valence-electron chi connectivity index (χ0n) is 17.6. The largest absolute Gasteiger partial charge is 0.481 e. The van der Waals surface area contributed by atoms with E-state index in [2.05, 4.69) is 46.6 Å². The summed E-state index contributed by atoms with van der Waals surface area (Å²) in [6, 6.07) is 22.6. The fourth-order valence-electron chi connectivity index (χ4n) is 4.01.